The summed E-state index contributed by atoms with van der Waals surface area (Å²) in [5, 5.41) is 34.0. The molecule has 9 heteroatoms. The molecule has 2 heterocycles. The van der Waals surface area contributed by atoms with E-state index in [1.54, 1.807) is 27.7 Å². The van der Waals surface area contributed by atoms with E-state index in [9.17, 15) is 29.7 Å². The molecule has 5 aliphatic rings. The summed E-state index contributed by atoms with van der Waals surface area (Å²) in [7, 11) is 0. The highest BCUT2D eigenvalue weighted by Gasteiger charge is 2.82. The van der Waals surface area contributed by atoms with Crippen molar-refractivity contribution in [1.29, 1.82) is 0 Å². The molecule has 34 heavy (non-hydrogen) atoms. The van der Waals surface area contributed by atoms with Gasteiger partial charge >= 0.3 is 11.9 Å². The Morgan fingerprint density at radius 2 is 1.91 bits per heavy atom. The minimum absolute atomic E-state index is 0.0360. The largest absolute Gasteiger partial charge is 0.459 e. The zero-order valence-corrected chi connectivity index (χ0v) is 20.2. The van der Waals surface area contributed by atoms with Crippen LogP contribution < -0.4 is 0 Å². The number of carbonyl (C=O) groups excluding carboxylic acids is 3. The molecule has 3 aliphatic carbocycles. The van der Waals surface area contributed by atoms with Gasteiger partial charge < -0.3 is 29.5 Å². The van der Waals surface area contributed by atoms with E-state index in [0.29, 0.717) is 12.8 Å². The number of ether oxygens (including phenoxy) is 3. The molecule has 3 N–H and O–H groups in total. The number of fused-ring (bicyclic) bond motifs is 2. The zero-order chi connectivity index (χ0) is 25.0. The van der Waals surface area contributed by atoms with Crippen LogP contribution in [-0.4, -0.2) is 75.8 Å². The Hall–Kier alpha value is -1.81. The van der Waals surface area contributed by atoms with Crippen LogP contribution in [0, 0.1) is 34.5 Å². The summed E-state index contributed by atoms with van der Waals surface area (Å²) in [6.07, 6.45) is -3.95. The summed E-state index contributed by atoms with van der Waals surface area (Å²) in [5.41, 5.74) is -2.84. The average Bonchev–Trinajstić information content (AvgIpc) is 3.06. The summed E-state index contributed by atoms with van der Waals surface area (Å²) >= 11 is 0. The topological polar surface area (TPSA) is 140 Å². The first-order valence-corrected chi connectivity index (χ1v) is 12.2. The SMILES string of the molecule is CCC(C)C(=O)O[C@H]1C(=O)O[C@@H]2C[C@H]3C(C)=CC(=O)[C@@H](O)[C@]3(C)[C@H]3[C@@H](O)[C@H](O)[C@@]4(C)OC[C@]32[C@@H]14. The lowest BCUT2D eigenvalue weighted by Crippen LogP contribution is -2.78. The van der Waals surface area contributed by atoms with Gasteiger partial charge in [0.05, 0.1) is 24.5 Å². The maximum atomic E-state index is 13.3. The highest BCUT2D eigenvalue weighted by atomic mass is 16.6. The van der Waals surface area contributed by atoms with E-state index in [1.807, 2.05) is 6.92 Å². The first-order chi connectivity index (χ1) is 15.8. The van der Waals surface area contributed by atoms with Crippen LogP contribution in [0.4, 0.5) is 0 Å². The molecule has 0 aromatic rings. The number of aliphatic hydroxyl groups is 3. The maximum absolute atomic E-state index is 13.3. The van der Waals surface area contributed by atoms with E-state index < -0.39 is 82.4 Å². The predicted octanol–water partition coefficient (Wildman–Crippen LogP) is 0.529. The third kappa shape index (κ3) is 2.61. The lowest BCUT2D eigenvalue weighted by Gasteiger charge is -2.68. The zero-order valence-electron chi connectivity index (χ0n) is 20.2. The van der Waals surface area contributed by atoms with Crippen LogP contribution in [0.25, 0.3) is 0 Å². The van der Waals surface area contributed by atoms with E-state index in [-0.39, 0.29) is 12.5 Å². The molecule has 1 unspecified atom stereocenters. The summed E-state index contributed by atoms with van der Waals surface area (Å²) in [5.74, 6) is -4.16. The Kier molecular flexibility index (Phi) is 5.17. The number of rotatable bonds is 3. The number of ketones is 1. The molecule has 0 aromatic carbocycles. The summed E-state index contributed by atoms with van der Waals surface area (Å²) in [4.78, 5) is 38.8. The maximum Gasteiger partial charge on any atom is 0.348 e. The molecular formula is C25H34O9. The Morgan fingerprint density at radius 1 is 1.24 bits per heavy atom. The van der Waals surface area contributed by atoms with Gasteiger partial charge in [-0.05, 0) is 38.7 Å². The third-order valence-electron chi connectivity index (χ3n) is 9.96. The molecule has 2 saturated carbocycles. The van der Waals surface area contributed by atoms with Crippen molar-refractivity contribution in [3.63, 3.8) is 0 Å². The molecule has 2 saturated heterocycles. The van der Waals surface area contributed by atoms with Gasteiger partial charge in [0.1, 0.15) is 23.9 Å². The van der Waals surface area contributed by atoms with Gasteiger partial charge in [-0.3, -0.25) is 9.59 Å². The predicted molar refractivity (Wildman–Crippen MR) is 116 cm³/mol. The summed E-state index contributed by atoms with van der Waals surface area (Å²) in [6, 6.07) is 0. The van der Waals surface area contributed by atoms with E-state index in [4.69, 9.17) is 14.2 Å². The Labute approximate surface area is 198 Å². The van der Waals surface area contributed by atoms with Crippen molar-refractivity contribution >= 4 is 17.7 Å². The number of esters is 2. The van der Waals surface area contributed by atoms with E-state index in [1.165, 1.54) is 6.08 Å². The smallest absolute Gasteiger partial charge is 0.348 e. The Balaban J connectivity index is 1.69. The molecule has 0 amide bonds. The standard InChI is InChI=1S/C25H34O9/c1-6-10(2)21(30)34-16-18-24(5)20(29)15(27)17-23(4)12(11(3)7-13(26)19(23)28)8-14(33-22(16)31)25(17,18)9-32-24/h7,10,12,14-20,27-29H,6,8-9H2,1-5H3/t10?,12-,14+,15+,16+,17+,18-,19+,20-,23-,24-,25+/m0/s1. The molecule has 12 atom stereocenters. The Bertz CT molecular complexity index is 975. The highest BCUT2D eigenvalue weighted by molar-refractivity contribution is 5.96. The lowest BCUT2D eigenvalue weighted by molar-refractivity contribution is -0.297. The van der Waals surface area contributed by atoms with E-state index in [0.717, 1.165) is 5.57 Å². The van der Waals surface area contributed by atoms with Gasteiger partial charge in [0.2, 0.25) is 6.10 Å². The molecule has 5 rings (SSSR count). The number of carbonyl (C=O) groups is 3. The van der Waals surface area contributed by atoms with Gasteiger partial charge in [0.25, 0.3) is 0 Å². The number of hydrogen-bond acceptors (Lipinski definition) is 9. The molecule has 0 radical (unpaired) electrons. The van der Waals surface area contributed by atoms with Crippen molar-refractivity contribution in [2.75, 3.05) is 6.61 Å². The first-order valence-electron chi connectivity index (χ1n) is 12.2. The fourth-order valence-corrected chi connectivity index (χ4v) is 8.09. The fourth-order valence-electron chi connectivity index (χ4n) is 8.09. The van der Waals surface area contributed by atoms with Crippen molar-refractivity contribution in [2.45, 2.75) is 83.6 Å². The molecule has 2 bridgehead atoms. The molecule has 0 aromatic heterocycles. The normalized spacial score (nSPS) is 52.2. The van der Waals surface area contributed by atoms with Crippen LogP contribution >= 0.6 is 0 Å². The van der Waals surface area contributed by atoms with Crippen LogP contribution in [0.5, 0.6) is 0 Å². The lowest BCUT2D eigenvalue weighted by atomic mass is 9.38. The molecule has 9 nitrogen and oxygen atoms in total. The van der Waals surface area contributed by atoms with Gasteiger partial charge in [-0.15, -0.1) is 0 Å². The number of aliphatic hydroxyl groups excluding tert-OH is 3. The van der Waals surface area contributed by atoms with Crippen LogP contribution in [-0.2, 0) is 28.6 Å². The Morgan fingerprint density at radius 3 is 2.56 bits per heavy atom. The van der Waals surface area contributed by atoms with Gasteiger partial charge in [-0.25, -0.2) is 4.79 Å². The highest BCUT2D eigenvalue weighted by Crippen LogP contribution is 2.72. The van der Waals surface area contributed by atoms with Crippen molar-refractivity contribution in [2.24, 2.45) is 34.5 Å². The van der Waals surface area contributed by atoms with Crippen LogP contribution in [0.3, 0.4) is 0 Å². The average molecular weight is 479 g/mol. The van der Waals surface area contributed by atoms with Gasteiger partial charge in [0, 0.05) is 16.7 Å². The second kappa shape index (κ2) is 7.35. The van der Waals surface area contributed by atoms with Gasteiger partial charge in [-0.1, -0.05) is 26.3 Å². The van der Waals surface area contributed by atoms with Crippen molar-refractivity contribution < 1.29 is 43.9 Å². The first kappa shape index (κ1) is 23.9. The van der Waals surface area contributed by atoms with Gasteiger partial charge in [-0.2, -0.15) is 0 Å². The van der Waals surface area contributed by atoms with Crippen LogP contribution in [0.2, 0.25) is 0 Å². The molecule has 1 spiro atoms. The summed E-state index contributed by atoms with van der Waals surface area (Å²) < 4.78 is 17.8. The summed E-state index contributed by atoms with van der Waals surface area (Å²) in [6.45, 7) is 8.76. The minimum Gasteiger partial charge on any atom is -0.459 e. The molecule has 188 valence electrons. The second-order valence-corrected chi connectivity index (χ2v) is 11.4. The third-order valence-corrected chi connectivity index (χ3v) is 9.96. The minimum atomic E-state index is -1.43. The molecule has 4 fully saturated rings. The van der Waals surface area contributed by atoms with Crippen molar-refractivity contribution in [3.8, 4) is 0 Å². The van der Waals surface area contributed by atoms with E-state index >= 15 is 0 Å². The monoisotopic (exact) mass is 478 g/mol. The van der Waals surface area contributed by atoms with Crippen molar-refractivity contribution in [1.82, 2.24) is 0 Å². The molecular weight excluding hydrogens is 444 g/mol. The van der Waals surface area contributed by atoms with Crippen LogP contribution in [0.15, 0.2) is 11.6 Å². The number of hydrogen-bond donors (Lipinski definition) is 3. The number of allylic oxidation sites excluding steroid dienone is 1. The quantitative estimate of drug-likeness (QED) is 0.496. The van der Waals surface area contributed by atoms with Crippen molar-refractivity contribution in [3.05, 3.63) is 11.6 Å². The second-order valence-electron chi connectivity index (χ2n) is 11.4. The fraction of sp³-hybridized carbons (Fsp3) is 0.800. The van der Waals surface area contributed by atoms with E-state index in [2.05, 4.69) is 0 Å². The molecule has 2 aliphatic heterocycles. The van der Waals surface area contributed by atoms with Gasteiger partial charge in [0.15, 0.2) is 5.78 Å². The van der Waals surface area contributed by atoms with Crippen LogP contribution in [0.1, 0.15) is 47.5 Å².